The number of benzene rings is 1. The highest BCUT2D eigenvalue weighted by atomic mass is 16.6. The van der Waals surface area contributed by atoms with Gasteiger partial charge in [-0.1, -0.05) is 6.07 Å². The SMILES string of the molecule is Cc1ccc2c(c1)O[B]O2. The average molecular weight is 133 g/mol. The molecule has 10 heavy (non-hydrogen) atoms. The van der Waals surface area contributed by atoms with Crippen molar-refractivity contribution in [2.45, 2.75) is 6.92 Å². The molecule has 2 rings (SSSR count). The molecule has 1 aliphatic rings. The number of rotatable bonds is 0. The smallest absolute Gasteiger partial charge is 0.524 e. The van der Waals surface area contributed by atoms with Gasteiger partial charge in [-0.2, -0.15) is 0 Å². The number of aryl methyl sites for hydroxylation is 1. The maximum Gasteiger partial charge on any atom is 0.658 e. The van der Waals surface area contributed by atoms with Crippen molar-refractivity contribution in [2.75, 3.05) is 0 Å². The number of hydrogen-bond donors (Lipinski definition) is 0. The lowest BCUT2D eigenvalue weighted by Crippen LogP contribution is -1.99. The molecule has 0 bridgehead atoms. The van der Waals surface area contributed by atoms with E-state index in [1.165, 1.54) is 13.2 Å². The first-order valence-corrected chi connectivity index (χ1v) is 3.12. The van der Waals surface area contributed by atoms with Gasteiger partial charge in [0.2, 0.25) is 0 Å². The maximum absolute atomic E-state index is 5.03. The largest absolute Gasteiger partial charge is 0.658 e. The summed E-state index contributed by atoms with van der Waals surface area (Å²) in [6.45, 7) is 2.02. The van der Waals surface area contributed by atoms with E-state index in [1.807, 2.05) is 25.1 Å². The molecule has 0 amide bonds. The highest BCUT2D eigenvalue weighted by molar-refractivity contribution is 6.22. The summed E-state index contributed by atoms with van der Waals surface area (Å²) in [6, 6.07) is 5.83. The predicted octanol–water partition coefficient (Wildman–Crippen LogP) is 1.30. The normalized spacial score (nSPS) is 12.9. The minimum absolute atomic E-state index is 0.797. The summed E-state index contributed by atoms with van der Waals surface area (Å²) >= 11 is 0. The van der Waals surface area contributed by atoms with Crippen LogP contribution in [-0.2, 0) is 0 Å². The minimum Gasteiger partial charge on any atom is -0.524 e. The van der Waals surface area contributed by atoms with Crippen molar-refractivity contribution in [2.24, 2.45) is 0 Å². The predicted molar refractivity (Wildman–Crippen MR) is 38.2 cm³/mol. The van der Waals surface area contributed by atoms with Crippen LogP contribution in [0.3, 0.4) is 0 Å². The molecule has 1 heterocycles. The quantitative estimate of drug-likeness (QED) is 0.496. The fourth-order valence-electron chi connectivity index (χ4n) is 0.932. The van der Waals surface area contributed by atoms with Crippen LogP contribution < -0.4 is 9.31 Å². The van der Waals surface area contributed by atoms with Gasteiger partial charge in [-0.3, -0.25) is 0 Å². The summed E-state index contributed by atoms with van der Waals surface area (Å²) in [6.07, 6.45) is 0. The van der Waals surface area contributed by atoms with Crippen molar-refractivity contribution in [3.63, 3.8) is 0 Å². The summed E-state index contributed by atoms with van der Waals surface area (Å²) in [5.74, 6) is 1.60. The molecule has 0 N–H and O–H groups in total. The molecule has 0 unspecified atom stereocenters. The fourth-order valence-corrected chi connectivity index (χ4v) is 0.932. The zero-order valence-electron chi connectivity index (χ0n) is 5.63. The van der Waals surface area contributed by atoms with Gasteiger partial charge in [-0.25, -0.2) is 0 Å². The van der Waals surface area contributed by atoms with Crippen LogP contribution in [0.4, 0.5) is 0 Å². The molecule has 49 valence electrons. The zero-order chi connectivity index (χ0) is 6.97. The third-order valence-corrected chi connectivity index (χ3v) is 1.45. The van der Waals surface area contributed by atoms with Gasteiger partial charge in [0, 0.05) is 0 Å². The minimum atomic E-state index is 0.797. The van der Waals surface area contributed by atoms with Gasteiger partial charge >= 0.3 is 7.69 Å². The Hall–Kier alpha value is -1.12. The van der Waals surface area contributed by atoms with E-state index in [4.69, 9.17) is 9.31 Å². The molecule has 0 fully saturated rings. The maximum atomic E-state index is 5.03. The molecule has 0 aliphatic carbocycles. The second-order valence-electron chi connectivity index (χ2n) is 2.28. The van der Waals surface area contributed by atoms with Crippen LogP contribution in [0.25, 0.3) is 0 Å². The number of fused-ring (bicyclic) bond motifs is 1. The highest BCUT2D eigenvalue weighted by Crippen LogP contribution is 2.31. The van der Waals surface area contributed by atoms with Gasteiger partial charge in [-0.05, 0) is 24.6 Å². The van der Waals surface area contributed by atoms with Crippen molar-refractivity contribution in [1.82, 2.24) is 0 Å². The second kappa shape index (κ2) is 1.94. The van der Waals surface area contributed by atoms with E-state index in [9.17, 15) is 0 Å². The Bertz CT molecular complexity index is 260. The molecular formula is C7H6BO2. The molecule has 0 aromatic heterocycles. The Labute approximate surface area is 60.1 Å². The van der Waals surface area contributed by atoms with E-state index in [0.29, 0.717) is 0 Å². The second-order valence-corrected chi connectivity index (χ2v) is 2.28. The lowest BCUT2D eigenvalue weighted by molar-refractivity contribution is 0.541. The molecule has 1 aromatic carbocycles. The molecule has 1 aromatic rings. The van der Waals surface area contributed by atoms with E-state index < -0.39 is 0 Å². The Kier molecular flexibility index (Phi) is 1.10. The first-order chi connectivity index (χ1) is 4.86. The summed E-state index contributed by atoms with van der Waals surface area (Å²) in [7, 11) is 1.34. The number of hydrogen-bond acceptors (Lipinski definition) is 2. The van der Waals surface area contributed by atoms with Crippen molar-refractivity contribution in [3.05, 3.63) is 23.8 Å². The molecule has 0 saturated carbocycles. The molecular weight excluding hydrogens is 127 g/mol. The summed E-state index contributed by atoms with van der Waals surface area (Å²) in [4.78, 5) is 0. The average Bonchev–Trinajstić information content (AvgIpc) is 2.33. The van der Waals surface area contributed by atoms with Crippen molar-refractivity contribution in [3.8, 4) is 11.5 Å². The van der Waals surface area contributed by atoms with Gasteiger partial charge in [0.05, 0.1) is 0 Å². The van der Waals surface area contributed by atoms with Gasteiger partial charge in [-0.15, -0.1) is 0 Å². The van der Waals surface area contributed by atoms with Crippen molar-refractivity contribution < 1.29 is 9.31 Å². The molecule has 1 aliphatic heterocycles. The van der Waals surface area contributed by atoms with Crippen LogP contribution in [0.2, 0.25) is 0 Å². The van der Waals surface area contributed by atoms with Crippen LogP contribution in [-0.4, -0.2) is 7.69 Å². The van der Waals surface area contributed by atoms with E-state index in [0.717, 1.165) is 11.5 Å². The lowest BCUT2D eigenvalue weighted by atomic mass is 10.2. The third kappa shape index (κ3) is 0.745. The van der Waals surface area contributed by atoms with E-state index in [-0.39, 0.29) is 0 Å². The summed E-state index contributed by atoms with van der Waals surface area (Å²) < 4.78 is 10.0. The van der Waals surface area contributed by atoms with Crippen molar-refractivity contribution in [1.29, 1.82) is 0 Å². The Balaban J connectivity index is 2.52. The van der Waals surface area contributed by atoms with E-state index >= 15 is 0 Å². The standard InChI is InChI=1S/C7H6BO2/c1-5-2-3-6-7(4-5)10-8-9-6/h2-4H,1H3. The molecule has 0 atom stereocenters. The van der Waals surface area contributed by atoms with Crippen LogP contribution in [0.5, 0.6) is 11.5 Å². The van der Waals surface area contributed by atoms with E-state index in [1.54, 1.807) is 0 Å². The molecule has 2 nitrogen and oxygen atoms in total. The lowest BCUT2D eigenvalue weighted by Gasteiger charge is -1.96. The van der Waals surface area contributed by atoms with Crippen molar-refractivity contribution >= 4 is 7.69 Å². The van der Waals surface area contributed by atoms with Gasteiger partial charge in [0.15, 0.2) is 0 Å². The Morgan fingerprint density at radius 2 is 2.00 bits per heavy atom. The van der Waals surface area contributed by atoms with Gasteiger partial charge < -0.3 is 9.31 Å². The third-order valence-electron chi connectivity index (χ3n) is 1.45. The Morgan fingerprint density at radius 3 is 2.90 bits per heavy atom. The van der Waals surface area contributed by atoms with Crippen LogP contribution in [0.15, 0.2) is 18.2 Å². The molecule has 0 saturated heterocycles. The van der Waals surface area contributed by atoms with Crippen LogP contribution in [0, 0.1) is 6.92 Å². The van der Waals surface area contributed by atoms with Gasteiger partial charge in [0.25, 0.3) is 0 Å². The highest BCUT2D eigenvalue weighted by Gasteiger charge is 2.15. The molecule has 3 heteroatoms. The first-order valence-electron chi connectivity index (χ1n) is 3.12. The summed E-state index contributed by atoms with van der Waals surface area (Å²) in [5.41, 5.74) is 1.18. The summed E-state index contributed by atoms with van der Waals surface area (Å²) in [5, 5.41) is 0. The fraction of sp³-hybridized carbons (Fsp3) is 0.143. The first kappa shape index (κ1) is 5.65. The monoisotopic (exact) mass is 133 g/mol. The molecule has 1 radical (unpaired) electrons. The topological polar surface area (TPSA) is 18.5 Å². The van der Waals surface area contributed by atoms with Crippen LogP contribution in [0.1, 0.15) is 5.56 Å². The molecule has 0 spiro atoms. The zero-order valence-corrected chi connectivity index (χ0v) is 5.63. The Morgan fingerprint density at radius 1 is 1.20 bits per heavy atom. The van der Waals surface area contributed by atoms with E-state index in [2.05, 4.69) is 0 Å². The van der Waals surface area contributed by atoms with Gasteiger partial charge in [0.1, 0.15) is 11.5 Å². The van der Waals surface area contributed by atoms with Crippen LogP contribution >= 0.6 is 0 Å².